The van der Waals surface area contributed by atoms with Crippen molar-refractivity contribution in [3.8, 4) is 0 Å². The van der Waals surface area contributed by atoms with Gasteiger partial charge >= 0.3 is 5.97 Å². The molecule has 0 aliphatic carbocycles. The molecule has 1 spiro atoms. The normalized spacial score (nSPS) is 32.2. The van der Waals surface area contributed by atoms with Gasteiger partial charge in [0.25, 0.3) is 0 Å². The van der Waals surface area contributed by atoms with E-state index in [0.29, 0.717) is 22.9 Å². The Morgan fingerprint density at radius 2 is 1.76 bits per heavy atom. The van der Waals surface area contributed by atoms with Gasteiger partial charge in [0.05, 0.1) is 25.1 Å². The molecule has 0 aromatic heterocycles. The first kappa shape index (κ1) is 34.3. The molecule has 0 unspecified atom stereocenters. The van der Waals surface area contributed by atoms with Crippen LogP contribution in [0.4, 0.5) is 0 Å². The average molecular weight is 701 g/mol. The predicted octanol–water partition coefficient (Wildman–Crippen LogP) is 4.03. The highest BCUT2D eigenvalue weighted by molar-refractivity contribution is 9.11. The van der Waals surface area contributed by atoms with Crippen molar-refractivity contribution in [2.75, 3.05) is 19.7 Å². The third-order valence-electron chi connectivity index (χ3n) is 9.42. The molecule has 0 radical (unpaired) electrons. The van der Waals surface area contributed by atoms with Gasteiger partial charge < -0.3 is 29.7 Å². The number of ether oxygens (including phenoxy) is 2. The highest BCUT2D eigenvalue weighted by atomic mass is 79.9. The smallest absolute Gasteiger partial charge is 0.313 e. The van der Waals surface area contributed by atoms with Gasteiger partial charge in [-0.15, -0.1) is 0 Å². The third-order valence-corrected chi connectivity index (χ3v) is 10.1. The first-order valence-corrected chi connectivity index (χ1v) is 16.9. The van der Waals surface area contributed by atoms with E-state index in [1.54, 1.807) is 17.9 Å². The van der Waals surface area contributed by atoms with Gasteiger partial charge in [0.15, 0.2) is 0 Å². The van der Waals surface area contributed by atoms with Crippen molar-refractivity contribution in [2.24, 2.45) is 17.3 Å². The molecule has 11 heteroatoms. The second-order valence-corrected chi connectivity index (χ2v) is 15.7. The van der Waals surface area contributed by atoms with Crippen LogP contribution in [0.3, 0.4) is 0 Å². The van der Waals surface area contributed by atoms with Crippen LogP contribution in [0.1, 0.15) is 72.4 Å². The molecule has 1 aromatic carbocycles. The van der Waals surface area contributed by atoms with Crippen LogP contribution in [0.15, 0.2) is 53.0 Å². The summed E-state index contributed by atoms with van der Waals surface area (Å²) in [6.45, 7) is 12.0. The number of fused-ring (bicyclic) bond motifs is 2. The zero-order chi connectivity index (χ0) is 33.6. The van der Waals surface area contributed by atoms with E-state index in [9.17, 15) is 19.5 Å². The topological polar surface area (TPSA) is 125 Å². The van der Waals surface area contributed by atoms with Crippen LogP contribution < -0.4 is 5.32 Å². The minimum absolute atomic E-state index is 0.121. The van der Waals surface area contributed by atoms with Crippen molar-refractivity contribution >= 4 is 39.6 Å². The number of likely N-dealkylation sites (tertiary alicyclic amines) is 1. The number of hydrogen-bond donors (Lipinski definition) is 2. The van der Waals surface area contributed by atoms with Crippen molar-refractivity contribution < 1.29 is 33.8 Å². The number of benzene rings is 1. The number of aliphatic hydroxyl groups excluding tert-OH is 1. The number of allylic oxidation sites excluding steroid dienone is 1. The fourth-order valence-corrected chi connectivity index (χ4v) is 8.66. The molecule has 4 aliphatic heterocycles. The van der Waals surface area contributed by atoms with Gasteiger partial charge in [0, 0.05) is 23.0 Å². The molecular formula is C35H46BrN3O7. The van der Waals surface area contributed by atoms with Gasteiger partial charge in [-0.25, -0.2) is 0 Å². The summed E-state index contributed by atoms with van der Waals surface area (Å²) in [6, 6.07) is 7.07. The van der Waals surface area contributed by atoms with Crippen LogP contribution in [0.2, 0.25) is 0 Å². The van der Waals surface area contributed by atoms with Crippen molar-refractivity contribution in [3.63, 3.8) is 0 Å². The molecule has 4 aliphatic rings. The Kier molecular flexibility index (Phi) is 9.61. The number of halogens is 1. The number of carbonyl (C=O) groups is 4. The lowest BCUT2D eigenvalue weighted by Crippen LogP contribution is -2.61. The van der Waals surface area contributed by atoms with E-state index in [1.165, 1.54) is 4.90 Å². The first-order valence-electron chi connectivity index (χ1n) is 16.1. The van der Waals surface area contributed by atoms with Crippen LogP contribution >= 0.6 is 15.9 Å². The molecular weight excluding hydrogens is 654 g/mol. The van der Waals surface area contributed by atoms with Gasteiger partial charge in [0.2, 0.25) is 17.7 Å². The SMILES string of the molecule is C[C@H]1CNC(=O)CC/C=C\CN(C(C)(C)CC(C)(C)C)C(=O)[C@H]2N([C@H](CO)c3ccccc3)C(=O)[C@@H]3[C@@H](C(=O)O1)[C@@H]1O[C@@]32C=C1Br. The van der Waals surface area contributed by atoms with Crippen molar-refractivity contribution in [1.82, 2.24) is 15.1 Å². The van der Waals surface area contributed by atoms with Crippen LogP contribution in [0.25, 0.3) is 0 Å². The fourth-order valence-electron chi connectivity index (χ4n) is 7.92. The highest BCUT2D eigenvalue weighted by Crippen LogP contribution is 2.60. The second kappa shape index (κ2) is 12.9. The van der Waals surface area contributed by atoms with Crippen molar-refractivity contribution in [2.45, 2.75) is 96.2 Å². The van der Waals surface area contributed by atoms with Gasteiger partial charge in [-0.05, 0) is 50.7 Å². The summed E-state index contributed by atoms with van der Waals surface area (Å²) >= 11 is 3.59. The number of esters is 1. The molecule has 2 saturated heterocycles. The quantitative estimate of drug-likeness (QED) is 0.351. The lowest BCUT2D eigenvalue weighted by Gasteiger charge is -2.46. The number of amides is 3. The Morgan fingerprint density at radius 1 is 1.07 bits per heavy atom. The minimum atomic E-state index is -1.48. The number of aliphatic hydroxyl groups is 1. The standard InChI is InChI=1S/C35H46BrN3O7/c1-21-18-37-25(41)15-11-8-12-16-38(34(5,6)20-33(2,3)4)31(43)29-35-17-23(36)28(46-35)26(32(44)45-21)27(35)30(42)39(29)24(19-40)22-13-9-7-10-14-22/h7-10,12-14,17,21,24,26-29,40H,11,15-16,18-20H2,1-6H3,(H,37,41)/b12-8-/t21-,24+,26+,27-,28+,29+,35-/m0/s1. The van der Waals surface area contributed by atoms with Crippen LogP contribution in [0.5, 0.6) is 0 Å². The molecule has 3 amide bonds. The minimum Gasteiger partial charge on any atom is -0.460 e. The summed E-state index contributed by atoms with van der Waals surface area (Å²) in [5, 5.41) is 13.6. The van der Waals surface area contributed by atoms with E-state index < -0.39 is 65.8 Å². The predicted molar refractivity (Wildman–Crippen MR) is 175 cm³/mol. The Labute approximate surface area is 279 Å². The Morgan fingerprint density at radius 3 is 2.41 bits per heavy atom. The van der Waals surface area contributed by atoms with Gasteiger partial charge in [-0.1, -0.05) is 79.2 Å². The third kappa shape index (κ3) is 6.30. The molecule has 5 bridgehead atoms. The van der Waals surface area contributed by atoms with E-state index in [2.05, 4.69) is 42.0 Å². The maximum atomic E-state index is 15.3. The Balaban J connectivity index is 1.69. The Bertz CT molecular complexity index is 1420. The zero-order valence-electron chi connectivity index (χ0n) is 27.5. The zero-order valence-corrected chi connectivity index (χ0v) is 29.1. The number of hydrogen-bond acceptors (Lipinski definition) is 7. The lowest BCUT2D eigenvalue weighted by atomic mass is 9.74. The number of rotatable bonds is 5. The average Bonchev–Trinajstić information content (AvgIpc) is 3.56. The summed E-state index contributed by atoms with van der Waals surface area (Å²) in [6.07, 6.45) is 5.43. The van der Waals surface area contributed by atoms with Crippen LogP contribution in [-0.2, 0) is 28.7 Å². The van der Waals surface area contributed by atoms with E-state index >= 15 is 4.79 Å². The molecule has 7 atom stereocenters. The van der Waals surface area contributed by atoms with Crippen molar-refractivity contribution in [1.29, 1.82) is 0 Å². The Hall–Kier alpha value is -3.02. The maximum absolute atomic E-state index is 15.3. The monoisotopic (exact) mass is 699 g/mol. The van der Waals surface area contributed by atoms with E-state index in [1.807, 2.05) is 56.3 Å². The van der Waals surface area contributed by atoms with Crippen LogP contribution in [-0.4, -0.2) is 87.7 Å². The molecule has 4 heterocycles. The summed E-state index contributed by atoms with van der Waals surface area (Å²) in [7, 11) is 0. The maximum Gasteiger partial charge on any atom is 0.313 e. The molecule has 2 fully saturated rings. The second-order valence-electron chi connectivity index (χ2n) is 14.7. The molecule has 0 saturated carbocycles. The van der Waals surface area contributed by atoms with Crippen molar-refractivity contribution in [3.05, 3.63) is 58.6 Å². The van der Waals surface area contributed by atoms with E-state index in [4.69, 9.17) is 9.47 Å². The highest BCUT2D eigenvalue weighted by Gasteiger charge is 2.76. The summed E-state index contributed by atoms with van der Waals surface area (Å²) in [5.41, 5.74) is -1.62. The molecule has 10 nitrogen and oxygen atoms in total. The van der Waals surface area contributed by atoms with Gasteiger partial charge in [-0.3, -0.25) is 19.2 Å². The molecule has 1 aromatic rings. The lowest BCUT2D eigenvalue weighted by molar-refractivity contribution is -0.160. The molecule has 46 heavy (non-hydrogen) atoms. The number of carbonyl (C=O) groups excluding carboxylic acids is 4. The first-order chi connectivity index (χ1) is 21.6. The fraction of sp³-hybridized carbons (Fsp3) is 0.600. The number of cyclic esters (lactones) is 1. The summed E-state index contributed by atoms with van der Waals surface area (Å²) in [5.74, 6) is -3.70. The summed E-state index contributed by atoms with van der Waals surface area (Å²) in [4.78, 5) is 59.6. The van der Waals surface area contributed by atoms with Gasteiger partial charge in [-0.2, -0.15) is 0 Å². The number of nitrogens with one attached hydrogen (secondary N) is 1. The van der Waals surface area contributed by atoms with E-state index in [0.717, 1.165) is 0 Å². The molecule has 250 valence electrons. The van der Waals surface area contributed by atoms with Crippen LogP contribution in [0, 0.1) is 17.3 Å². The molecule has 5 rings (SSSR count). The molecule has 2 N–H and O–H groups in total. The largest absolute Gasteiger partial charge is 0.460 e. The number of nitrogens with zero attached hydrogens (tertiary/aromatic N) is 2. The summed E-state index contributed by atoms with van der Waals surface area (Å²) < 4.78 is 13.0. The van der Waals surface area contributed by atoms with E-state index in [-0.39, 0.29) is 36.7 Å². The van der Waals surface area contributed by atoms with Gasteiger partial charge in [0.1, 0.15) is 29.8 Å².